The number of aryl methyl sites for hydroxylation is 4. The number of hydroxylamine groups is 1. The third-order valence-electron chi connectivity index (χ3n) is 7.74. The molecule has 0 saturated carbocycles. The summed E-state index contributed by atoms with van der Waals surface area (Å²) in [6, 6.07) is 32.1. The highest BCUT2D eigenvalue weighted by Crippen LogP contribution is 2.44. The minimum Gasteiger partial charge on any atom is -0.456 e. The monoisotopic (exact) mass is 579 g/mol. The summed E-state index contributed by atoms with van der Waals surface area (Å²) in [5, 5.41) is 5.27. The molecule has 1 aliphatic carbocycles. The van der Waals surface area contributed by atoms with Gasteiger partial charge in [-0.15, -0.1) is 0 Å². The van der Waals surface area contributed by atoms with E-state index < -0.39 is 5.91 Å². The van der Waals surface area contributed by atoms with Crippen molar-refractivity contribution in [1.82, 2.24) is 5.48 Å². The molecule has 2 aliphatic rings. The number of benzene rings is 5. The summed E-state index contributed by atoms with van der Waals surface area (Å²) in [6.07, 6.45) is 1.17. The van der Waals surface area contributed by atoms with Crippen LogP contribution in [-0.4, -0.2) is 5.91 Å². The van der Waals surface area contributed by atoms with E-state index in [1.165, 1.54) is 6.08 Å². The summed E-state index contributed by atoms with van der Waals surface area (Å²) >= 11 is 0. The summed E-state index contributed by atoms with van der Waals surface area (Å²) in [5.41, 5.74) is 13.2. The zero-order valence-corrected chi connectivity index (χ0v) is 25.2. The molecule has 218 valence electrons. The Morgan fingerprint density at radius 3 is 2.23 bits per heavy atom. The number of hydrogen-bond donors (Lipinski definition) is 2. The molecule has 0 saturated heterocycles. The maximum absolute atomic E-state index is 11.9. The van der Waals surface area contributed by atoms with Crippen molar-refractivity contribution in [1.29, 1.82) is 0 Å². The second-order valence-corrected chi connectivity index (χ2v) is 10.9. The number of nitrogens with zero attached hydrogens (tertiary/aromatic N) is 1. The van der Waals surface area contributed by atoms with Crippen LogP contribution in [0.1, 0.15) is 22.3 Å². The number of para-hydroxylation sites is 3. The van der Waals surface area contributed by atoms with Crippen molar-refractivity contribution in [2.75, 3.05) is 5.32 Å². The molecule has 2 N–H and O–H groups in total. The SMILES string of the molecule is C=CC(=O)NOc1ccccc1-c1c2ccc(=Nc3c(C)cccc3C)cc-2oc2cc(Nc3c(C)cccc3C)ccc12. The Labute approximate surface area is 256 Å². The zero-order chi connectivity index (χ0) is 30.8. The van der Waals surface area contributed by atoms with E-state index in [-0.39, 0.29) is 0 Å². The van der Waals surface area contributed by atoms with Gasteiger partial charge in [-0.2, -0.15) is 5.48 Å². The summed E-state index contributed by atoms with van der Waals surface area (Å²) in [7, 11) is 0. The van der Waals surface area contributed by atoms with Crippen LogP contribution < -0.4 is 21.0 Å². The number of amides is 1. The number of nitrogens with one attached hydrogen (secondary N) is 2. The fraction of sp³-hybridized carbons (Fsp3) is 0.105. The normalized spacial score (nSPS) is 11.5. The van der Waals surface area contributed by atoms with Crippen LogP contribution >= 0.6 is 0 Å². The van der Waals surface area contributed by atoms with E-state index in [0.717, 1.165) is 66.7 Å². The molecule has 44 heavy (non-hydrogen) atoms. The molecule has 0 radical (unpaired) electrons. The van der Waals surface area contributed by atoms with E-state index in [4.69, 9.17) is 14.2 Å². The van der Waals surface area contributed by atoms with Gasteiger partial charge in [0, 0.05) is 45.6 Å². The highest BCUT2D eigenvalue weighted by molar-refractivity contribution is 6.04. The highest BCUT2D eigenvalue weighted by Gasteiger charge is 2.21. The van der Waals surface area contributed by atoms with Gasteiger partial charge in [-0.1, -0.05) is 61.2 Å². The Kier molecular flexibility index (Phi) is 7.73. The third kappa shape index (κ3) is 5.57. The van der Waals surface area contributed by atoms with Gasteiger partial charge < -0.3 is 14.6 Å². The molecule has 0 unspecified atom stereocenters. The van der Waals surface area contributed by atoms with Crippen LogP contribution in [0.5, 0.6) is 5.75 Å². The van der Waals surface area contributed by atoms with Crippen molar-refractivity contribution in [3.63, 3.8) is 0 Å². The fourth-order valence-electron chi connectivity index (χ4n) is 5.49. The standard InChI is InChI=1S/C38H33N3O3/c1-6-35(42)41-44-32-16-8-7-15-29(32)36-30-19-17-27(39-37-23(2)11-9-12-24(37)3)21-33(30)43-34-22-28(18-20-31(34)36)40-38-25(4)13-10-14-26(38)5/h6-22,39H,1H2,2-5H3,(H,41,42). The van der Waals surface area contributed by atoms with Crippen molar-refractivity contribution in [2.45, 2.75) is 27.7 Å². The lowest BCUT2D eigenvalue weighted by Gasteiger charge is -2.19. The minimum atomic E-state index is -0.433. The number of carbonyl (C=O) groups excluding carboxylic acids is 1. The summed E-state index contributed by atoms with van der Waals surface area (Å²) in [4.78, 5) is 22.7. The van der Waals surface area contributed by atoms with E-state index in [1.54, 1.807) is 0 Å². The molecule has 0 atom stereocenters. The predicted octanol–water partition coefficient (Wildman–Crippen LogP) is 9.01. The molecule has 6 heteroatoms. The van der Waals surface area contributed by atoms with Crippen LogP contribution in [0.3, 0.4) is 0 Å². The van der Waals surface area contributed by atoms with E-state index in [9.17, 15) is 4.79 Å². The second kappa shape index (κ2) is 11.9. The van der Waals surface area contributed by atoms with E-state index >= 15 is 0 Å². The van der Waals surface area contributed by atoms with Crippen LogP contribution in [0.4, 0.5) is 17.1 Å². The number of fused-ring (bicyclic) bond motifs is 2. The van der Waals surface area contributed by atoms with Crippen molar-refractivity contribution in [3.05, 3.63) is 137 Å². The first-order valence-corrected chi connectivity index (χ1v) is 14.5. The van der Waals surface area contributed by atoms with Gasteiger partial charge in [0.05, 0.1) is 11.0 Å². The second-order valence-electron chi connectivity index (χ2n) is 10.9. The Morgan fingerprint density at radius 2 is 1.50 bits per heavy atom. The molecular formula is C38H33N3O3. The quantitative estimate of drug-likeness (QED) is 0.112. The third-order valence-corrected chi connectivity index (χ3v) is 7.74. The first-order chi connectivity index (χ1) is 21.3. The predicted molar refractivity (Wildman–Crippen MR) is 178 cm³/mol. The fourth-order valence-corrected chi connectivity index (χ4v) is 5.49. The van der Waals surface area contributed by atoms with E-state index in [1.807, 2.05) is 60.7 Å². The Balaban J connectivity index is 1.58. The molecule has 0 spiro atoms. The smallest absolute Gasteiger partial charge is 0.276 e. The molecule has 1 amide bonds. The number of carbonyl (C=O) groups is 1. The van der Waals surface area contributed by atoms with E-state index in [2.05, 4.69) is 81.5 Å². The van der Waals surface area contributed by atoms with Gasteiger partial charge in [0.1, 0.15) is 11.3 Å². The first kappa shape index (κ1) is 28.5. The molecule has 0 aromatic heterocycles. The van der Waals surface area contributed by atoms with Crippen molar-refractivity contribution < 1.29 is 14.0 Å². The van der Waals surface area contributed by atoms with Crippen LogP contribution in [0.15, 0.2) is 119 Å². The average molecular weight is 580 g/mol. The lowest BCUT2D eigenvalue weighted by atomic mass is 9.93. The van der Waals surface area contributed by atoms with Crippen molar-refractivity contribution >= 4 is 33.9 Å². The van der Waals surface area contributed by atoms with Gasteiger partial charge in [0.2, 0.25) is 0 Å². The highest BCUT2D eigenvalue weighted by atomic mass is 16.7. The first-order valence-electron chi connectivity index (χ1n) is 14.5. The van der Waals surface area contributed by atoms with Gasteiger partial charge >= 0.3 is 0 Å². The Hall–Kier alpha value is -5.62. The molecule has 6 nitrogen and oxygen atoms in total. The topological polar surface area (TPSA) is 75.9 Å². The molecule has 4 aromatic carbocycles. The maximum Gasteiger partial charge on any atom is 0.276 e. The lowest BCUT2D eigenvalue weighted by Crippen LogP contribution is -2.24. The average Bonchev–Trinajstić information content (AvgIpc) is 3.02. The van der Waals surface area contributed by atoms with Gasteiger partial charge in [-0.05, 0) is 86.4 Å². The zero-order valence-electron chi connectivity index (χ0n) is 25.2. The molecule has 4 aromatic rings. The van der Waals surface area contributed by atoms with Crippen molar-refractivity contribution in [2.24, 2.45) is 4.99 Å². The molecule has 0 fully saturated rings. The van der Waals surface area contributed by atoms with Gasteiger partial charge in [0.25, 0.3) is 5.91 Å². The Morgan fingerprint density at radius 1 is 0.795 bits per heavy atom. The molecule has 6 rings (SSSR count). The largest absolute Gasteiger partial charge is 0.456 e. The van der Waals surface area contributed by atoms with Gasteiger partial charge in [0.15, 0.2) is 5.75 Å². The number of hydrogen-bond acceptors (Lipinski definition) is 5. The van der Waals surface area contributed by atoms with Gasteiger partial charge in [-0.3, -0.25) is 4.79 Å². The van der Waals surface area contributed by atoms with Crippen LogP contribution in [0.25, 0.3) is 33.4 Å². The summed E-state index contributed by atoms with van der Waals surface area (Å²) < 4.78 is 6.62. The summed E-state index contributed by atoms with van der Waals surface area (Å²) in [6.45, 7) is 11.8. The van der Waals surface area contributed by atoms with Gasteiger partial charge in [-0.25, -0.2) is 4.99 Å². The number of anilines is 2. The van der Waals surface area contributed by atoms with E-state index in [0.29, 0.717) is 17.1 Å². The molecule has 1 aliphatic heterocycles. The maximum atomic E-state index is 11.9. The van der Waals surface area contributed by atoms with Crippen LogP contribution in [0.2, 0.25) is 0 Å². The molecule has 0 bridgehead atoms. The molecule has 1 heterocycles. The number of rotatable bonds is 7. The van der Waals surface area contributed by atoms with Crippen LogP contribution in [0, 0.1) is 27.7 Å². The summed E-state index contributed by atoms with van der Waals surface area (Å²) in [5.74, 6) is 0.741. The lowest BCUT2D eigenvalue weighted by molar-refractivity contribution is -0.122. The Bertz CT molecular complexity index is 2050. The van der Waals surface area contributed by atoms with Crippen molar-refractivity contribution in [3.8, 4) is 28.2 Å². The molecular weight excluding hydrogens is 546 g/mol. The van der Waals surface area contributed by atoms with Crippen LogP contribution in [-0.2, 0) is 4.79 Å². The minimum absolute atomic E-state index is 0.433.